The SMILES string of the molecule is C=C(CCCC)N1CCN(C)CC1.C=Cc1ccc2c(Cl)cc(-c3ccc(N4CCCC4)cc3)nc2c1. The molecule has 2 aliphatic heterocycles. The summed E-state index contributed by atoms with van der Waals surface area (Å²) in [5.41, 5.74) is 6.57. The van der Waals surface area contributed by atoms with Crippen molar-refractivity contribution in [3.63, 3.8) is 0 Å². The molecule has 0 saturated carbocycles. The van der Waals surface area contributed by atoms with Crippen molar-refractivity contribution >= 4 is 34.3 Å². The number of hydrogen-bond donors (Lipinski definition) is 0. The summed E-state index contributed by atoms with van der Waals surface area (Å²) in [6.07, 6.45) is 8.13. The lowest BCUT2D eigenvalue weighted by molar-refractivity contribution is 0.182. The summed E-state index contributed by atoms with van der Waals surface area (Å²) in [4.78, 5) is 12.0. The van der Waals surface area contributed by atoms with E-state index in [0.29, 0.717) is 0 Å². The lowest BCUT2D eigenvalue weighted by Crippen LogP contribution is -2.43. The van der Waals surface area contributed by atoms with Crippen LogP contribution in [0.4, 0.5) is 5.69 Å². The normalized spacial score (nSPS) is 16.0. The molecular formula is C32H41ClN4. The molecule has 1 aromatic heterocycles. The van der Waals surface area contributed by atoms with E-state index in [9.17, 15) is 0 Å². The Morgan fingerprint density at radius 3 is 2.32 bits per heavy atom. The number of unbranched alkanes of at least 4 members (excludes halogenated alkanes) is 1. The lowest BCUT2D eigenvalue weighted by Gasteiger charge is -2.35. The summed E-state index contributed by atoms with van der Waals surface area (Å²) in [5.74, 6) is 0. The van der Waals surface area contributed by atoms with E-state index in [0.717, 1.165) is 45.8 Å². The van der Waals surface area contributed by atoms with Crippen LogP contribution in [-0.2, 0) is 0 Å². The molecule has 0 unspecified atom stereocenters. The van der Waals surface area contributed by atoms with Crippen LogP contribution in [0.5, 0.6) is 0 Å². The van der Waals surface area contributed by atoms with Crippen molar-refractivity contribution in [1.82, 2.24) is 14.8 Å². The molecule has 3 heterocycles. The van der Waals surface area contributed by atoms with Crippen LogP contribution in [0, 0.1) is 0 Å². The highest BCUT2D eigenvalue weighted by Gasteiger charge is 2.14. The molecule has 0 atom stereocenters. The lowest BCUT2D eigenvalue weighted by atomic mass is 10.1. The van der Waals surface area contributed by atoms with Crippen LogP contribution in [0.2, 0.25) is 5.02 Å². The summed E-state index contributed by atoms with van der Waals surface area (Å²) >= 11 is 6.47. The van der Waals surface area contributed by atoms with Crippen LogP contribution in [0.25, 0.3) is 28.2 Å². The Kier molecular flexibility index (Phi) is 9.65. The second kappa shape index (κ2) is 13.1. The largest absolute Gasteiger partial charge is 0.373 e. The zero-order valence-corrected chi connectivity index (χ0v) is 23.3. The van der Waals surface area contributed by atoms with Crippen molar-refractivity contribution in [3.05, 3.63) is 78.0 Å². The molecular weight excluding hydrogens is 476 g/mol. The minimum atomic E-state index is 0.731. The van der Waals surface area contributed by atoms with Gasteiger partial charge in [-0.25, -0.2) is 4.98 Å². The quantitative estimate of drug-likeness (QED) is 0.320. The van der Waals surface area contributed by atoms with Gasteiger partial charge in [-0.1, -0.05) is 68.4 Å². The second-order valence-electron chi connectivity index (χ2n) is 10.2. The van der Waals surface area contributed by atoms with Gasteiger partial charge in [0.1, 0.15) is 0 Å². The van der Waals surface area contributed by atoms with E-state index >= 15 is 0 Å². The van der Waals surface area contributed by atoms with Gasteiger partial charge in [0.05, 0.1) is 16.2 Å². The standard InChI is InChI=1S/C21H19ClN2.C11H22N2/c1-2-15-5-10-18-19(22)14-20(23-21(18)13-15)16-6-8-17(9-7-16)24-11-3-4-12-24;1-4-5-6-11(2)13-9-7-12(3)8-10-13/h2,5-10,13-14H,1,3-4,11-12H2;2,4-10H2,1,3H3. The van der Waals surface area contributed by atoms with Crippen LogP contribution in [0.1, 0.15) is 44.6 Å². The predicted octanol–water partition coefficient (Wildman–Crippen LogP) is 7.74. The summed E-state index contributed by atoms with van der Waals surface area (Å²) in [7, 11) is 2.19. The van der Waals surface area contributed by atoms with Gasteiger partial charge in [0.25, 0.3) is 0 Å². The fourth-order valence-electron chi connectivity index (χ4n) is 4.96. The highest BCUT2D eigenvalue weighted by Crippen LogP contribution is 2.30. The number of likely N-dealkylation sites (N-methyl/N-ethyl adjacent to an activating group) is 1. The first-order chi connectivity index (χ1) is 18.0. The van der Waals surface area contributed by atoms with E-state index in [4.69, 9.17) is 16.6 Å². The molecule has 0 radical (unpaired) electrons. The van der Waals surface area contributed by atoms with Gasteiger partial charge in [-0.15, -0.1) is 0 Å². The monoisotopic (exact) mass is 516 g/mol. The Morgan fingerprint density at radius 2 is 1.68 bits per heavy atom. The highest BCUT2D eigenvalue weighted by molar-refractivity contribution is 6.35. The molecule has 2 aliphatic rings. The first-order valence-corrected chi connectivity index (χ1v) is 14.1. The molecule has 37 heavy (non-hydrogen) atoms. The zero-order chi connectivity index (χ0) is 26.2. The summed E-state index contributed by atoms with van der Waals surface area (Å²) in [6.45, 7) is 17.2. The maximum Gasteiger partial charge on any atom is 0.0730 e. The molecule has 0 spiro atoms. The molecule has 0 bridgehead atoms. The van der Waals surface area contributed by atoms with Gasteiger partial charge >= 0.3 is 0 Å². The van der Waals surface area contributed by atoms with Crippen molar-refractivity contribution in [2.45, 2.75) is 39.0 Å². The van der Waals surface area contributed by atoms with Gasteiger partial charge < -0.3 is 14.7 Å². The van der Waals surface area contributed by atoms with E-state index in [2.05, 4.69) is 66.1 Å². The van der Waals surface area contributed by atoms with E-state index in [1.807, 2.05) is 30.3 Å². The number of pyridine rings is 1. The number of anilines is 1. The molecule has 5 rings (SSSR count). The third-order valence-electron chi connectivity index (χ3n) is 7.42. The Balaban J connectivity index is 0.000000209. The smallest absolute Gasteiger partial charge is 0.0730 e. The van der Waals surface area contributed by atoms with Crippen LogP contribution in [-0.4, -0.2) is 61.1 Å². The van der Waals surface area contributed by atoms with Gasteiger partial charge in [-0.05, 0) is 62.6 Å². The average Bonchev–Trinajstić information content (AvgIpc) is 3.47. The maximum atomic E-state index is 6.47. The number of aromatic nitrogens is 1. The number of benzene rings is 2. The van der Waals surface area contributed by atoms with Gasteiger partial charge in [-0.3, -0.25) is 0 Å². The number of halogens is 1. The van der Waals surface area contributed by atoms with Crippen molar-refractivity contribution in [1.29, 1.82) is 0 Å². The van der Waals surface area contributed by atoms with E-state index in [-0.39, 0.29) is 0 Å². The number of fused-ring (bicyclic) bond motifs is 1. The number of nitrogens with zero attached hydrogens (tertiary/aromatic N) is 4. The predicted molar refractivity (Wildman–Crippen MR) is 161 cm³/mol. The minimum absolute atomic E-state index is 0.731. The Morgan fingerprint density at radius 1 is 0.973 bits per heavy atom. The first-order valence-electron chi connectivity index (χ1n) is 13.7. The third kappa shape index (κ3) is 7.15. The van der Waals surface area contributed by atoms with Crippen molar-refractivity contribution in [2.24, 2.45) is 0 Å². The van der Waals surface area contributed by atoms with Gasteiger partial charge in [0, 0.05) is 61.6 Å². The Bertz CT molecular complexity index is 1190. The van der Waals surface area contributed by atoms with Crippen LogP contribution in [0.15, 0.2) is 67.4 Å². The third-order valence-corrected chi connectivity index (χ3v) is 7.74. The molecule has 0 N–H and O–H groups in total. The van der Waals surface area contributed by atoms with Gasteiger partial charge in [0.2, 0.25) is 0 Å². The fraction of sp³-hybridized carbons (Fsp3) is 0.406. The molecule has 2 fully saturated rings. The second-order valence-corrected chi connectivity index (χ2v) is 10.6. The molecule has 2 saturated heterocycles. The van der Waals surface area contributed by atoms with Crippen LogP contribution >= 0.6 is 11.6 Å². The summed E-state index contributed by atoms with van der Waals surface area (Å²) in [6, 6.07) is 16.6. The average molecular weight is 517 g/mol. The molecule has 3 aromatic rings. The summed E-state index contributed by atoms with van der Waals surface area (Å²) < 4.78 is 0. The fourth-order valence-corrected chi connectivity index (χ4v) is 5.22. The summed E-state index contributed by atoms with van der Waals surface area (Å²) in [5, 5.41) is 1.70. The van der Waals surface area contributed by atoms with Crippen molar-refractivity contribution in [3.8, 4) is 11.3 Å². The van der Waals surface area contributed by atoms with Crippen LogP contribution < -0.4 is 4.90 Å². The molecule has 5 heteroatoms. The van der Waals surface area contributed by atoms with Crippen molar-refractivity contribution in [2.75, 3.05) is 51.2 Å². The number of piperazine rings is 1. The Hall–Kier alpha value is -2.82. The zero-order valence-electron chi connectivity index (χ0n) is 22.6. The number of allylic oxidation sites excluding steroid dienone is 1. The minimum Gasteiger partial charge on any atom is -0.373 e. The molecule has 2 aromatic carbocycles. The molecule has 4 nitrogen and oxygen atoms in total. The van der Waals surface area contributed by atoms with Crippen LogP contribution in [0.3, 0.4) is 0 Å². The topological polar surface area (TPSA) is 22.6 Å². The van der Waals surface area contributed by atoms with Gasteiger partial charge in [0.15, 0.2) is 0 Å². The first kappa shape index (κ1) is 27.2. The van der Waals surface area contributed by atoms with E-state index in [1.54, 1.807) is 0 Å². The maximum absolute atomic E-state index is 6.47. The van der Waals surface area contributed by atoms with Gasteiger partial charge in [-0.2, -0.15) is 0 Å². The highest BCUT2D eigenvalue weighted by atomic mass is 35.5. The Labute approximate surface area is 228 Å². The molecule has 0 aliphatic carbocycles. The van der Waals surface area contributed by atoms with E-state index in [1.165, 1.54) is 69.7 Å². The number of rotatable bonds is 7. The molecule has 0 amide bonds. The molecule has 196 valence electrons. The number of hydrogen-bond acceptors (Lipinski definition) is 4. The van der Waals surface area contributed by atoms with Crippen molar-refractivity contribution < 1.29 is 0 Å². The van der Waals surface area contributed by atoms with E-state index < -0.39 is 0 Å².